The number of ether oxygens (including phenoxy) is 1. The van der Waals surface area contributed by atoms with Crippen molar-refractivity contribution in [2.45, 2.75) is 0 Å². The maximum atomic E-state index is 5.45. The van der Waals surface area contributed by atoms with Gasteiger partial charge in [-0.1, -0.05) is 0 Å². The van der Waals surface area contributed by atoms with Crippen LogP contribution in [0.15, 0.2) is 48.9 Å². The van der Waals surface area contributed by atoms with Crippen molar-refractivity contribution in [1.29, 1.82) is 0 Å². The maximum Gasteiger partial charge on any atom is 0.138 e. The second-order valence-corrected chi connectivity index (χ2v) is 5.24. The highest BCUT2D eigenvalue weighted by atomic mass is 16.5. The summed E-state index contributed by atoms with van der Waals surface area (Å²) in [6.07, 6.45) is 5.39. The summed E-state index contributed by atoms with van der Waals surface area (Å²) in [6, 6.07) is 10.0. The van der Waals surface area contributed by atoms with Gasteiger partial charge in [0.25, 0.3) is 0 Å². The number of anilines is 1. The number of aromatic nitrogens is 3. The molecular weight excluding hydrogens is 276 g/mol. The zero-order valence-corrected chi connectivity index (χ0v) is 12.1. The molecule has 22 heavy (non-hydrogen) atoms. The summed E-state index contributed by atoms with van der Waals surface area (Å²) >= 11 is 0. The van der Waals surface area contributed by atoms with Gasteiger partial charge >= 0.3 is 0 Å². The topological polar surface area (TPSA) is 51.1 Å². The van der Waals surface area contributed by atoms with Crippen molar-refractivity contribution in [3.05, 3.63) is 48.9 Å². The summed E-state index contributed by atoms with van der Waals surface area (Å²) < 4.78 is 5.45. The fourth-order valence-corrected chi connectivity index (χ4v) is 2.74. The van der Waals surface area contributed by atoms with Crippen LogP contribution >= 0.6 is 0 Å². The van der Waals surface area contributed by atoms with E-state index in [1.807, 2.05) is 30.5 Å². The van der Waals surface area contributed by atoms with Crippen LogP contribution in [-0.2, 0) is 4.74 Å². The Balaban J connectivity index is 1.89. The Kier molecular flexibility index (Phi) is 3.40. The minimum atomic E-state index is 0.739. The molecule has 0 spiro atoms. The normalized spacial score (nSPS) is 15.2. The minimum Gasteiger partial charge on any atom is -0.378 e. The molecule has 1 aliphatic rings. The van der Waals surface area contributed by atoms with Gasteiger partial charge in [-0.2, -0.15) is 0 Å². The zero-order chi connectivity index (χ0) is 14.8. The van der Waals surface area contributed by atoms with Gasteiger partial charge < -0.3 is 9.64 Å². The molecule has 0 N–H and O–H groups in total. The Morgan fingerprint density at radius 1 is 1.00 bits per heavy atom. The number of hydrogen-bond acceptors (Lipinski definition) is 5. The highest BCUT2D eigenvalue weighted by Gasteiger charge is 2.17. The third-order valence-corrected chi connectivity index (χ3v) is 3.87. The molecule has 4 rings (SSSR count). The van der Waals surface area contributed by atoms with Crippen LogP contribution in [0, 0.1) is 0 Å². The lowest BCUT2D eigenvalue weighted by Crippen LogP contribution is -2.37. The average Bonchev–Trinajstić information content (AvgIpc) is 2.62. The molecule has 5 nitrogen and oxygen atoms in total. The quantitative estimate of drug-likeness (QED) is 0.726. The van der Waals surface area contributed by atoms with Crippen LogP contribution in [0.25, 0.3) is 22.2 Å². The lowest BCUT2D eigenvalue weighted by atomic mass is 10.1. The average molecular weight is 292 g/mol. The van der Waals surface area contributed by atoms with Gasteiger partial charge in [0.2, 0.25) is 0 Å². The van der Waals surface area contributed by atoms with Crippen LogP contribution in [0.2, 0.25) is 0 Å². The van der Waals surface area contributed by atoms with E-state index in [0.29, 0.717) is 0 Å². The van der Waals surface area contributed by atoms with Gasteiger partial charge in [-0.05, 0) is 30.3 Å². The van der Waals surface area contributed by atoms with Crippen molar-refractivity contribution in [3.8, 4) is 11.3 Å². The van der Waals surface area contributed by atoms with E-state index in [1.165, 1.54) is 0 Å². The third kappa shape index (κ3) is 2.40. The Morgan fingerprint density at radius 2 is 1.82 bits per heavy atom. The van der Waals surface area contributed by atoms with E-state index >= 15 is 0 Å². The zero-order valence-electron chi connectivity index (χ0n) is 12.1. The lowest BCUT2D eigenvalue weighted by Gasteiger charge is -2.29. The first-order valence-corrected chi connectivity index (χ1v) is 7.41. The molecule has 0 radical (unpaired) electrons. The van der Waals surface area contributed by atoms with Gasteiger partial charge in [-0.25, -0.2) is 4.98 Å². The molecule has 0 bridgehead atoms. The standard InChI is InChI=1S/C17H16N4O/c1-2-14-16(19-5-1)12-15(13-3-6-18-7-4-13)20-17(14)21-8-10-22-11-9-21/h1-7,12H,8-11H2. The molecule has 0 atom stereocenters. The summed E-state index contributed by atoms with van der Waals surface area (Å²) in [5.74, 6) is 0.987. The molecule has 0 aliphatic carbocycles. The van der Waals surface area contributed by atoms with Crippen LogP contribution in [0.4, 0.5) is 5.82 Å². The highest BCUT2D eigenvalue weighted by molar-refractivity contribution is 5.92. The molecule has 3 aromatic heterocycles. The maximum absolute atomic E-state index is 5.45. The molecule has 1 aliphatic heterocycles. The van der Waals surface area contributed by atoms with Crippen molar-refractivity contribution in [2.75, 3.05) is 31.2 Å². The van der Waals surface area contributed by atoms with Crippen LogP contribution in [0.1, 0.15) is 0 Å². The molecule has 110 valence electrons. The number of nitrogens with zero attached hydrogens (tertiary/aromatic N) is 4. The number of pyridine rings is 3. The van der Waals surface area contributed by atoms with Gasteiger partial charge in [0.1, 0.15) is 5.82 Å². The first-order valence-electron chi connectivity index (χ1n) is 7.41. The monoisotopic (exact) mass is 292 g/mol. The molecule has 0 saturated carbocycles. The van der Waals surface area contributed by atoms with E-state index in [-0.39, 0.29) is 0 Å². The summed E-state index contributed by atoms with van der Waals surface area (Å²) in [5, 5.41) is 1.09. The van der Waals surface area contributed by atoms with Crippen molar-refractivity contribution >= 4 is 16.7 Å². The molecular formula is C17H16N4O. The molecule has 1 fully saturated rings. The summed E-state index contributed by atoms with van der Waals surface area (Å²) in [6.45, 7) is 3.19. The van der Waals surface area contributed by atoms with Crippen molar-refractivity contribution < 1.29 is 4.74 Å². The van der Waals surface area contributed by atoms with E-state index in [4.69, 9.17) is 9.72 Å². The summed E-state index contributed by atoms with van der Waals surface area (Å²) in [5.41, 5.74) is 2.94. The van der Waals surface area contributed by atoms with Gasteiger partial charge in [0.05, 0.1) is 24.4 Å². The SMILES string of the molecule is c1cnc2cc(-c3ccncc3)nc(N3CCOCC3)c2c1. The second kappa shape index (κ2) is 5.69. The van der Waals surface area contributed by atoms with E-state index in [1.54, 1.807) is 12.4 Å². The van der Waals surface area contributed by atoms with E-state index in [2.05, 4.69) is 20.9 Å². The van der Waals surface area contributed by atoms with E-state index < -0.39 is 0 Å². The van der Waals surface area contributed by atoms with Crippen LogP contribution < -0.4 is 4.90 Å². The summed E-state index contributed by atoms with van der Waals surface area (Å²) in [7, 11) is 0. The first-order chi connectivity index (χ1) is 10.9. The minimum absolute atomic E-state index is 0.739. The van der Waals surface area contributed by atoms with Crippen LogP contribution in [-0.4, -0.2) is 41.3 Å². The van der Waals surface area contributed by atoms with E-state index in [9.17, 15) is 0 Å². The van der Waals surface area contributed by atoms with Gasteiger partial charge in [-0.3, -0.25) is 9.97 Å². The second-order valence-electron chi connectivity index (χ2n) is 5.24. The molecule has 5 heteroatoms. The van der Waals surface area contributed by atoms with Gasteiger partial charge in [0.15, 0.2) is 0 Å². The molecule has 0 unspecified atom stereocenters. The fraction of sp³-hybridized carbons (Fsp3) is 0.235. The Labute approximate surface area is 128 Å². The largest absolute Gasteiger partial charge is 0.378 e. The Bertz CT molecular complexity index is 785. The van der Waals surface area contributed by atoms with Crippen molar-refractivity contribution in [3.63, 3.8) is 0 Å². The fourth-order valence-electron chi connectivity index (χ4n) is 2.74. The number of rotatable bonds is 2. The molecule has 0 aromatic carbocycles. The van der Waals surface area contributed by atoms with Gasteiger partial charge in [-0.15, -0.1) is 0 Å². The molecule has 0 amide bonds. The van der Waals surface area contributed by atoms with Gasteiger partial charge in [0, 0.05) is 42.6 Å². The predicted octanol–water partition coefficient (Wildman–Crippen LogP) is 2.53. The lowest BCUT2D eigenvalue weighted by molar-refractivity contribution is 0.122. The predicted molar refractivity (Wildman–Crippen MR) is 85.8 cm³/mol. The number of hydrogen-bond donors (Lipinski definition) is 0. The third-order valence-electron chi connectivity index (χ3n) is 3.87. The van der Waals surface area contributed by atoms with E-state index in [0.717, 1.165) is 54.3 Å². The van der Waals surface area contributed by atoms with Crippen molar-refractivity contribution in [1.82, 2.24) is 15.0 Å². The molecule has 4 heterocycles. The van der Waals surface area contributed by atoms with Crippen LogP contribution in [0.5, 0.6) is 0 Å². The highest BCUT2D eigenvalue weighted by Crippen LogP contribution is 2.29. The first kappa shape index (κ1) is 13.2. The number of morpholine rings is 1. The Hall–Kier alpha value is -2.53. The smallest absolute Gasteiger partial charge is 0.138 e. The summed E-state index contributed by atoms with van der Waals surface area (Å²) in [4.78, 5) is 15.8. The van der Waals surface area contributed by atoms with Crippen molar-refractivity contribution in [2.24, 2.45) is 0 Å². The number of fused-ring (bicyclic) bond motifs is 1. The van der Waals surface area contributed by atoms with Crippen LogP contribution in [0.3, 0.4) is 0 Å². The Morgan fingerprint density at radius 3 is 2.64 bits per heavy atom. The molecule has 1 saturated heterocycles. The molecule has 3 aromatic rings.